The van der Waals surface area contributed by atoms with Gasteiger partial charge < -0.3 is 21.6 Å². The Kier molecular flexibility index (Phi) is 6.67. The van der Waals surface area contributed by atoms with Gasteiger partial charge >= 0.3 is 0 Å². The lowest BCUT2D eigenvalue weighted by Gasteiger charge is -2.46. The van der Waals surface area contributed by atoms with Gasteiger partial charge in [0, 0.05) is 39.9 Å². The van der Waals surface area contributed by atoms with Crippen LogP contribution >= 0.6 is 11.6 Å². The smallest absolute Gasteiger partial charge is 0.233 e. The van der Waals surface area contributed by atoms with Crippen molar-refractivity contribution in [1.82, 2.24) is 0 Å². The minimum absolute atomic E-state index is 0. The molecule has 0 bridgehead atoms. The van der Waals surface area contributed by atoms with Crippen LogP contribution in [0.2, 0.25) is 5.02 Å². The van der Waals surface area contributed by atoms with Gasteiger partial charge in [-0.15, -0.1) is 0 Å². The van der Waals surface area contributed by atoms with Crippen molar-refractivity contribution in [3.63, 3.8) is 0 Å². The average molecular weight is 506 g/mol. The normalized spacial score (nSPS) is 20.2. The summed E-state index contributed by atoms with van der Waals surface area (Å²) < 4.78 is 13.8. The summed E-state index contributed by atoms with van der Waals surface area (Å²) in [6.07, 6.45) is 3.62. The van der Waals surface area contributed by atoms with E-state index in [1.54, 1.807) is 0 Å². The van der Waals surface area contributed by atoms with Gasteiger partial charge in [-0.25, -0.2) is 0 Å². The molecule has 1 aliphatic rings. The summed E-state index contributed by atoms with van der Waals surface area (Å²) in [6, 6.07) is 27.4. The quantitative estimate of drug-likeness (QED) is 0.301. The Labute approximate surface area is 217 Å². The Morgan fingerprint density at radius 3 is 2.51 bits per heavy atom. The number of nitrogens with zero attached hydrogens (tertiary/aromatic N) is 1. The molecule has 6 rings (SSSR count). The van der Waals surface area contributed by atoms with Crippen molar-refractivity contribution in [1.29, 1.82) is 0 Å². The molecular formula is C30H29Cl2NO2. The first-order chi connectivity index (χ1) is 16.6. The first-order valence-electron chi connectivity index (χ1n) is 12.3. The van der Waals surface area contributed by atoms with Crippen LogP contribution in [0.1, 0.15) is 31.7 Å². The molecule has 3 nitrogen and oxygen atoms in total. The minimum atomic E-state index is 0. The Morgan fingerprint density at radius 1 is 0.886 bits per heavy atom. The zero-order valence-electron chi connectivity index (χ0n) is 19.8. The Bertz CT molecular complexity index is 1490. The highest BCUT2D eigenvalue weighted by Gasteiger charge is 2.40. The molecule has 1 aromatic heterocycles. The van der Waals surface area contributed by atoms with Crippen LogP contribution in [0.15, 0.2) is 83.3 Å². The van der Waals surface area contributed by atoms with Crippen LogP contribution < -0.4 is 17.1 Å². The van der Waals surface area contributed by atoms with Gasteiger partial charge in [0.2, 0.25) is 6.23 Å². The second kappa shape index (κ2) is 9.73. The summed E-state index contributed by atoms with van der Waals surface area (Å²) in [4.78, 5) is 0. The number of ether oxygens (including phenoxy) is 1. The number of furan rings is 1. The summed E-state index contributed by atoms with van der Waals surface area (Å²) in [5, 5.41) is 5.51. The van der Waals surface area contributed by atoms with Crippen LogP contribution in [0, 0.1) is 0 Å². The number of likely N-dealkylation sites (tertiary alicyclic amines) is 1. The van der Waals surface area contributed by atoms with E-state index >= 15 is 0 Å². The van der Waals surface area contributed by atoms with Crippen LogP contribution in [-0.2, 0) is 6.54 Å². The monoisotopic (exact) mass is 505 g/mol. The third kappa shape index (κ3) is 4.38. The highest BCUT2D eigenvalue weighted by atomic mass is 35.5. The average Bonchev–Trinajstić information content (AvgIpc) is 3.22. The largest absolute Gasteiger partial charge is 1.00 e. The van der Waals surface area contributed by atoms with Crippen molar-refractivity contribution in [3.05, 3.63) is 89.4 Å². The third-order valence-electron chi connectivity index (χ3n) is 7.59. The number of rotatable bonds is 5. The van der Waals surface area contributed by atoms with Gasteiger partial charge in [-0.3, -0.25) is 4.48 Å². The minimum Gasteiger partial charge on any atom is -1.00 e. The molecule has 2 atom stereocenters. The number of halogens is 2. The maximum atomic E-state index is 6.76. The molecule has 0 amide bonds. The molecule has 1 fully saturated rings. The van der Waals surface area contributed by atoms with Gasteiger partial charge in [0.25, 0.3) is 0 Å². The maximum Gasteiger partial charge on any atom is 0.233 e. The zero-order valence-corrected chi connectivity index (χ0v) is 21.4. The summed E-state index contributed by atoms with van der Waals surface area (Å²) in [5.74, 6) is 0.874. The number of quaternary nitrogens is 1. The van der Waals surface area contributed by atoms with Gasteiger partial charge in [-0.05, 0) is 54.8 Å². The van der Waals surface area contributed by atoms with Crippen molar-refractivity contribution < 1.29 is 26.0 Å². The van der Waals surface area contributed by atoms with E-state index in [4.69, 9.17) is 20.8 Å². The van der Waals surface area contributed by atoms with Crippen molar-refractivity contribution in [2.24, 2.45) is 0 Å². The number of fused-ring (bicyclic) bond motifs is 4. The lowest BCUT2D eigenvalue weighted by molar-refractivity contribution is -0.982. The van der Waals surface area contributed by atoms with Gasteiger partial charge in [-0.1, -0.05) is 54.1 Å². The molecule has 5 heteroatoms. The molecule has 2 heterocycles. The highest BCUT2D eigenvalue weighted by molar-refractivity contribution is 6.31. The molecular weight excluding hydrogens is 477 g/mol. The van der Waals surface area contributed by atoms with Gasteiger partial charge in [0.05, 0.1) is 13.1 Å². The lowest BCUT2D eigenvalue weighted by Crippen LogP contribution is -3.00. The van der Waals surface area contributed by atoms with E-state index in [9.17, 15) is 0 Å². The van der Waals surface area contributed by atoms with Crippen LogP contribution in [0.25, 0.3) is 32.7 Å². The summed E-state index contributed by atoms with van der Waals surface area (Å²) in [5.41, 5.74) is 3.06. The molecule has 1 aliphatic heterocycles. The fourth-order valence-corrected chi connectivity index (χ4v) is 5.88. The number of piperidine rings is 1. The van der Waals surface area contributed by atoms with Gasteiger partial charge in [-0.2, -0.15) is 0 Å². The molecule has 0 aliphatic carbocycles. The van der Waals surface area contributed by atoms with Crippen molar-refractivity contribution in [3.8, 4) is 5.75 Å². The topological polar surface area (TPSA) is 22.4 Å². The molecule has 35 heavy (non-hydrogen) atoms. The molecule has 5 aromatic rings. The van der Waals surface area contributed by atoms with E-state index in [-0.39, 0.29) is 18.6 Å². The summed E-state index contributed by atoms with van der Waals surface area (Å²) in [6.45, 7) is 5.46. The van der Waals surface area contributed by atoms with E-state index in [0.717, 1.165) is 58.2 Å². The maximum absolute atomic E-state index is 6.76. The second-order valence-electron chi connectivity index (χ2n) is 9.52. The Morgan fingerprint density at radius 2 is 1.66 bits per heavy atom. The van der Waals surface area contributed by atoms with Crippen molar-refractivity contribution >= 4 is 44.3 Å². The molecule has 0 spiro atoms. The molecule has 0 N–H and O–H groups in total. The van der Waals surface area contributed by atoms with Crippen molar-refractivity contribution in [2.45, 2.75) is 39.0 Å². The van der Waals surface area contributed by atoms with E-state index in [1.165, 1.54) is 29.2 Å². The molecule has 4 aromatic carbocycles. The van der Waals surface area contributed by atoms with Crippen molar-refractivity contribution in [2.75, 3.05) is 13.1 Å². The molecule has 180 valence electrons. The van der Waals surface area contributed by atoms with E-state index in [2.05, 4.69) is 61.5 Å². The van der Waals surface area contributed by atoms with Crippen LogP contribution in [0.4, 0.5) is 0 Å². The third-order valence-corrected chi connectivity index (χ3v) is 7.82. The molecule has 0 saturated carbocycles. The number of hydrogen-bond donors (Lipinski definition) is 0. The SMILES string of the molecule is CC[N+]1(Cc2cccc3ccccc23)CCCCC1Oc1ccc2c(c1)oc1cc(Cl)ccc12.[Cl-]. The van der Waals surface area contributed by atoms with E-state index < -0.39 is 0 Å². The fourth-order valence-electron chi connectivity index (χ4n) is 5.72. The summed E-state index contributed by atoms with van der Waals surface area (Å²) in [7, 11) is 0. The predicted molar refractivity (Wildman–Crippen MR) is 140 cm³/mol. The zero-order chi connectivity index (χ0) is 23.1. The standard InChI is InChI=1S/C30H29ClNO2.ClH/c1-2-32(20-22-10-7-9-21-8-3-4-11-25(21)22)17-6-5-12-30(32)33-24-14-16-27-26-15-13-23(31)18-28(26)34-29(27)19-24;/h3-4,7-11,13-16,18-19,30H,2,5-6,12,17,20H2,1H3;1H/q+1;/p-1. The van der Waals surface area contributed by atoms with Crippen LogP contribution in [0.3, 0.4) is 0 Å². The first kappa shape index (κ1) is 24.0. The van der Waals surface area contributed by atoms with E-state index in [0.29, 0.717) is 5.02 Å². The molecule has 1 saturated heterocycles. The van der Waals surface area contributed by atoms with E-state index in [1.807, 2.05) is 24.3 Å². The second-order valence-corrected chi connectivity index (χ2v) is 9.96. The van der Waals surface area contributed by atoms with Crippen LogP contribution in [-0.4, -0.2) is 23.8 Å². The first-order valence-corrected chi connectivity index (χ1v) is 12.6. The lowest BCUT2D eigenvalue weighted by atomic mass is 9.99. The Balaban J connectivity index is 0.00000253. The van der Waals surface area contributed by atoms with Gasteiger partial charge in [0.15, 0.2) is 0 Å². The van der Waals surface area contributed by atoms with Crippen LogP contribution in [0.5, 0.6) is 5.75 Å². The number of hydrogen-bond acceptors (Lipinski definition) is 2. The molecule has 2 unspecified atom stereocenters. The van der Waals surface area contributed by atoms with Gasteiger partial charge in [0.1, 0.15) is 23.5 Å². The Hall–Kier alpha value is -2.72. The summed E-state index contributed by atoms with van der Waals surface area (Å²) >= 11 is 6.17. The number of benzene rings is 4. The molecule has 0 radical (unpaired) electrons. The highest BCUT2D eigenvalue weighted by Crippen LogP contribution is 2.36. The predicted octanol–water partition coefficient (Wildman–Crippen LogP) is 5.32. The fraction of sp³-hybridized carbons (Fsp3) is 0.267.